The fourth-order valence-electron chi connectivity index (χ4n) is 1.77. The number of sulfone groups is 1. The maximum absolute atomic E-state index is 12.2. The van der Waals surface area contributed by atoms with Gasteiger partial charge in [0.05, 0.1) is 24.3 Å². The summed E-state index contributed by atoms with van der Waals surface area (Å²) in [7, 11) is -0.927. The zero-order valence-corrected chi connectivity index (χ0v) is 13.1. The molecule has 0 bridgehead atoms. The molecular weight excluding hydrogens is 296 g/mol. The van der Waals surface area contributed by atoms with Crippen molar-refractivity contribution in [2.75, 3.05) is 32.3 Å². The molecule has 0 saturated heterocycles. The van der Waals surface area contributed by atoms with Gasteiger partial charge in [0, 0.05) is 19.2 Å². The Labute approximate surface area is 124 Å². The number of amides is 1. The van der Waals surface area contributed by atoms with Gasteiger partial charge in [-0.05, 0) is 19.1 Å². The lowest BCUT2D eigenvalue weighted by atomic mass is 10.3. The normalized spacial score (nSPS) is 12.7. The topological polar surface area (TPSA) is 108 Å². The van der Waals surface area contributed by atoms with E-state index in [2.05, 4.69) is 5.32 Å². The second-order valence-electron chi connectivity index (χ2n) is 4.59. The first kappa shape index (κ1) is 17.3. The van der Waals surface area contributed by atoms with Gasteiger partial charge < -0.3 is 20.5 Å². The van der Waals surface area contributed by atoms with E-state index < -0.39 is 21.5 Å². The van der Waals surface area contributed by atoms with Crippen LogP contribution >= 0.6 is 0 Å². The number of carbonyl (C=O) groups is 1. The number of hydrogen-bond donors (Lipinski definition) is 2. The summed E-state index contributed by atoms with van der Waals surface area (Å²) < 4.78 is 34.3. The van der Waals surface area contributed by atoms with Gasteiger partial charge in [0.15, 0.2) is 9.84 Å². The van der Waals surface area contributed by atoms with Gasteiger partial charge in [-0.1, -0.05) is 0 Å². The van der Waals surface area contributed by atoms with Crippen molar-refractivity contribution in [1.82, 2.24) is 5.32 Å². The monoisotopic (exact) mass is 316 g/mol. The van der Waals surface area contributed by atoms with E-state index in [1.54, 1.807) is 13.0 Å². The predicted octanol–water partition coefficient (Wildman–Crippen LogP) is 0.202. The Balaban J connectivity index is 2.89. The Morgan fingerprint density at radius 3 is 2.62 bits per heavy atom. The lowest BCUT2D eigenvalue weighted by molar-refractivity contribution is -0.119. The molecular formula is C13H20N2O5S. The van der Waals surface area contributed by atoms with Crippen molar-refractivity contribution in [3.63, 3.8) is 0 Å². The highest BCUT2D eigenvalue weighted by Crippen LogP contribution is 2.24. The van der Waals surface area contributed by atoms with Crippen molar-refractivity contribution in [2.45, 2.75) is 17.9 Å². The Morgan fingerprint density at radius 2 is 2.05 bits per heavy atom. The second kappa shape index (κ2) is 7.28. The van der Waals surface area contributed by atoms with E-state index in [0.717, 1.165) is 0 Å². The minimum atomic E-state index is -3.84. The van der Waals surface area contributed by atoms with Crippen molar-refractivity contribution in [1.29, 1.82) is 0 Å². The van der Waals surface area contributed by atoms with Gasteiger partial charge in [0.1, 0.15) is 11.5 Å². The summed E-state index contributed by atoms with van der Waals surface area (Å²) in [4.78, 5) is 11.7. The number of nitrogens with two attached hydrogens (primary N) is 1. The predicted molar refractivity (Wildman–Crippen MR) is 78.9 cm³/mol. The number of benzene rings is 1. The third kappa shape index (κ3) is 4.91. The second-order valence-corrected chi connectivity index (χ2v) is 6.54. The van der Waals surface area contributed by atoms with E-state index in [1.807, 2.05) is 0 Å². The Bertz CT molecular complexity index is 601. The zero-order chi connectivity index (χ0) is 16.0. The first-order valence-corrected chi connectivity index (χ1v) is 7.90. The van der Waals surface area contributed by atoms with Crippen LogP contribution in [0.3, 0.4) is 0 Å². The highest BCUT2D eigenvalue weighted by molar-refractivity contribution is 7.92. The average molecular weight is 316 g/mol. The summed E-state index contributed by atoms with van der Waals surface area (Å²) in [6.07, 6.45) is 0. The Kier molecular flexibility index (Phi) is 5.98. The minimum Gasteiger partial charge on any atom is -0.497 e. The highest BCUT2D eigenvalue weighted by Gasteiger charge is 2.23. The van der Waals surface area contributed by atoms with Gasteiger partial charge in [-0.2, -0.15) is 0 Å². The molecule has 1 amide bonds. The van der Waals surface area contributed by atoms with Gasteiger partial charge >= 0.3 is 0 Å². The molecule has 0 heterocycles. The summed E-state index contributed by atoms with van der Waals surface area (Å²) in [6, 6.07) is 4.00. The minimum absolute atomic E-state index is 0.0774. The van der Waals surface area contributed by atoms with E-state index >= 15 is 0 Å². The summed E-state index contributed by atoms with van der Waals surface area (Å²) >= 11 is 0. The van der Waals surface area contributed by atoms with E-state index in [1.165, 1.54) is 26.4 Å². The van der Waals surface area contributed by atoms with Crippen molar-refractivity contribution in [2.24, 2.45) is 0 Å². The van der Waals surface area contributed by atoms with Gasteiger partial charge in [-0.25, -0.2) is 8.42 Å². The highest BCUT2D eigenvalue weighted by atomic mass is 32.2. The third-order valence-corrected chi connectivity index (χ3v) is 4.37. The molecule has 118 valence electrons. The van der Waals surface area contributed by atoms with Crippen LogP contribution in [0.1, 0.15) is 6.92 Å². The molecule has 8 heteroatoms. The summed E-state index contributed by atoms with van der Waals surface area (Å²) in [5, 5.41) is 2.54. The molecule has 21 heavy (non-hydrogen) atoms. The molecule has 1 aromatic carbocycles. The fourth-order valence-corrected chi connectivity index (χ4v) is 3.08. The molecule has 1 atom stereocenters. The van der Waals surface area contributed by atoms with Crippen LogP contribution in [0.4, 0.5) is 5.69 Å². The molecule has 0 spiro atoms. The summed E-state index contributed by atoms with van der Waals surface area (Å²) in [6.45, 7) is 2.01. The molecule has 0 aromatic heterocycles. The van der Waals surface area contributed by atoms with Gasteiger partial charge in [0.2, 0.25) is 5.91 Å². The van der Waals surface area contributed by atoms with Crippen LogP contribution in [-0.4, -0.2) is 46.9 Å². The molecule has 3 N–H and O–H groups in total. The van der Waals surface area contributed by atoms with E-state index in [4.69, 9.17) is 15.2 Å². The van der Waals surface area contributed by atoms with Crippen molar-refractivity contribution in [3.05, 3.63) is 18.2 Å². The number of nitrogen functional groups attached to an aromatic ring is 1. The van der Waals surface area contributed by atoms with Gasteiger partial charge in [-0.15, -0.1) is 0 Å². The number of hydrogen-bond acceptors (Lipinski definition) is 6. The van der Waals surface area contributed by atoms with Crippen molar-refractivity contribution < 1.29 is 22.7 Å². The third-order valence-electron chi connectivity index (χ3n) is 2.70. The van der Waals surface area contributed by atoms with Crippen LogP contribution in [-0.2, 0) is 19.4 Å². The maximum atomic E-state index is 12.2. The van der Waals surface area contributed by atoms with Crippen LogP contribution in [0.5, 0.6) is 5.75 Å². The van der Waals surface area contributed by atoms with E-state index in [0.29, 0.717) is 12.4 Å². The molecule has 1 aromatic rings. The smallest absolute Gasteiger partial charge is 0.235 e. The first-order chi connectivity index (χ1) is 9.80. The molecule has 0 saturated carbocycles. The van der Waals surface area contributed by atoms with E-state index in [-0.39, 0.29) is 16.6 Å². The summed E-state index contributed by atoms with van der Waals surface area (Å²) in [5.74, 6) is -0.934. The largest absolute Gasteiger partial charge is 0.497 e. The van der Waals surface area contributed by atoms with Crippen LogP contribution in [0.25, 0.3) is 0 Å². The molecule has 1 unspecified atom stereocenters. The molecule has 0 aliphatic rings. The number of methoxy groups -OCH3 is 2. The standard InChI is InChI=1S/C13H20N2O5S/c1-9(7-19-2)15-13(16)8-21(17,18)12-6-10(20-3)4-5-11(12)14/h4-6,9H,7-8,14H2,1-3H3,(H,15,16). The van der Waals surface area contributed by atoms with Gasteiger partial charge in [-0.3, -0.25) is 4.79 Å². The maximum Gasteiger partial charge on any atom is 0.235 e. The molecule has 0 aliphatic carbocycles. The average Bonchev–Trinajstić information content (AvgIpc) is 2.38. The lowest BCUT2D eigenvalue weighted by Gasteiger charge is -2.13. The molecule has 0 radical (unpaired) electrons. The van der Waals surface area contributed by atoms with Gasteiger partial charge in [0.25, 0.3) is 0 Å². The number of nitrogens with one attached hydrogen (secondary N) is 1. The Hall–Kier alpha value is -1.80. The quantitative estimate of drug-likeness (QED) is 0.696. The fraction of sp³-hybridized carbons (Fsp3) is 0.462. The number of anilines is 1. The number of carbonyl (C=O) groups excluding carboxylic acids is 1. The Morgan fingerprint density at radius 1 is 1.38 bits per heavy atom. The van der Waals surface area contributed by atoms with Crippen LogP contribution < -0.4 is 15.8 Å². The van der Waals surface area contributed by atoms with Crippen molar-refractivity contribution in [3.8, 4) is 5.75 Å². The molecule has 1 rings (SSSR count). The first-order valence-electron chi connectivity index (χ1n) is 6.24. The molecule has 7 nitrogen and oxygen atoms in total. The SMILES string of the molecule is COCC(C)NC(=O)CS(=O)(=O)c1cc(OC)ccc1N. The summed E-state index contributed by atoms with van der Waals surface area (Å²) in [5.41, 5.74) is 5.75. The lowest BCUT2D eigenvalue weighted by Crippen LogP contribution is -2.39. The van der Waals surface area contributed by atoms with Crippen molar-refractivity contribution >= 4 is 21.4 Å². The molecule has 0 fully saturated rings. The van der Waals surface area contributed by atoms with E-state index in [9.17, 15) is 13.2 Å². The van der Waals surface area contributed by atoms with Crippen LogP contribution in [0.15, 0.2) is 23.1 Å². The zero-order valence-electron chi connectivity index (χ0n) is 12.3. The van der Waals surface area contributed by atoms with Crippen LogP contribution in [0, 0.1) is 0 Å². The van der Waals surface area contributed by atoms with Crippen LogP contribution in [0.2, 0.25) is 0 Å². The number of ether oxygens (including phenoxy) is 2. The molecule has 0 aliphatic heterocycles. The number of rotatable bonds is 7.